The highest BCUT2D eigenvalue weighted by Gasteiger charge is 2.38. The lowest BCUT2D eigenvalue weighted by Gasteiger charge is -2.36. The molecule has 2 nitrogen and oxygen atoms in total. The maximum Gasteiger partial charge on any atom is 0.416 e. The lowest BCUT2D eigenvalue weighted by atomic mass is 10.0. The van der Waals surface area contributed by atoms with Crippen molar-refractivity contribution in [3.8, 4) is 5.75 Å². The van der Waals surface area contributed by atoms with Gasteiger partial charge in [-0.15, -0.1) is 11.8 Å². The number of rotatable bonds is 5. The van der Waals surface area contributed by atoms with E-state index in [1.54, 1.807) is 12.1 Å². The minimum Gasteiger partial charge on any atom is -0.489 e. The van der Waals surface area contributed by atoms with Crippen molar-refractivity contribution in [2.75, 3.05) is 7.05 Å². The second-order valence-corrected chi connectivity index (χ2v) is 9.59. The lowest BCUT2D eigenvalue weighted by Crippen LogP contribution is -2.40. The predicted octanol–water partition coefficient (Wildman–Crippen LogP) is 6.66. The van der Waals surface area contributed by atoms with E-state index in [0.29, 0.717) is 33.7 Å². The van der Waals surface area contributed by atoms with Crippen LogP contribution >= 0.6 is 23.4 Å². The molecule has 2 aliphatic rings. The molecule has 4 rings (SSSR count). The first-order valence-electron chi connectivity index (χ1n) is 9.76. The van der Waals surface area contributed by atoms with Crippen LogP contribution in [0.2, 0.25) is 5.02 Å². The van der Waals surface area contributed by atoms with E-state index < -0.39 is 11.7 Å². The Hall–Kier alpha value is -1.37. The maximum atomic E-state index is 12.8. The summed E-state index contributed by atoms with van der Waals surface area (Å²) < 4.78 is 44.2. The van der Waals surface area contributed by atoms with Gasteiger partial charge in [0.25, 0.3) is 0 Å². The molecular formula is C22H23ClF3NOS. The predicted molar refractivity (Wildman–Crippen MR) is 111 cm³/mol. The van der Waals surface area contributed by atoms with Gasteiger partial charge in [0.15, 0.2) is 0 Å². The van der Waals surface area contributed by atoms with Gasteiger partial charge in [-0.1, -0.05) is 23.7 Å². The van der Waals surface area contributed by atoms with Crippen LogP contribution in [0.25, 0.3) is 0 Å². The number of piperidine rings is 1. The molecule has 2 aliphatic heterocycles. The third-order valence-electron chi connectivity index (χ3n) is 5.91. The third kappa shape index (κ3) is 4.86. The van der Waals surface area contributed by atoms with E-state index >= 15 is 0 Å². The van der Waals surface area contributed by atoms with Crippen molar-refractivity contribution >= 4 is 23.4 Å². The van der Waals surface area contributed by atoms with E-state index in [0.717, 1.165) is 17.0 Å². The van der Waals surface area contributed by atoms with Crippen molar-refractivity contribution < 1.29 is 17.9 Å². The first-order chi connectivity index (χ1) is 13.8. The normalized spacial score (nSPS) is 24.7. The van der Waals surface area contributed by atoms with Gasteiger partial charge in [0.05, 0.1) is 10.6 Å². The molecule has 2 unspecified atom stereocenters. The van der Waals surface area contributed by atoms with E-state index in [1.807, 2.05) is 23.9 Å². The fourth-order valence-electron chi connectivity index (χ4n) is 4.31. The monoisotopic (exact) mass is 441 g/mol. The summed E-state index contributed by atoms with van der Waals surface area (Å²) >= 11 is 8.30. The second kappa shape index (κ2) is 8.40. The molecule has 2 saturated heterocycles. The second-order valence-electron chi connectivity index (χ2n) is 7.84. The van der Waals surface area contributed by atoms with Crippen LogP contribution in [-0.4, -0.2) is 29.3 Å². The van der Waals surface area contributed by atoms with Gasteiger partial charge in [0.1, 0.15) is 12.4 Å². The van der Waals surface area contributed by atoms with Crippen molar-refractivity contribution in [1.29, 1.82) is 0 Å². The Labute approximate surface area is 178 Å². The summed E-state index contributed by atoms with van der Waals surface area (Å²) in [5.74, 6) is 0.556. The zero-order chi connectivity index (χ0) is 20.6. The summed E-state index contributed by atoms with van der Waals surface area (Å²) in [5, 5.41) is 1.20. The third-order valence-corrected chi connectivity index (χ3v) is 7.66. The van der Waals surface area contributed by atoms with E-state index in [1.165, 1.54) is 31.7 Å². The van der Waals surface area contributed by atoms with Gasteiger partial charge < -0.3 is 9.64 Å². The molecule has 0 radical (unpaired) electrons. The Kier molecular flexibility index (Phi) is 6.05. The van der Waals surface area contributed by atoms with Crippen LogP contribution in [0, 0.1) is 0 Å². The van der Waals surface area contributed by atoms with E-state index in [2.05, 4.69) is 11.9 Å². The summed E-state index contributed by atoms with van der Waals surface area (Å²) in [4.78, 5) is 3.55. The SMILES string of the molecule is CN1C2CCC1CC(Sc1ccc(OCc3cccc(C(F)(F)F)c3)cc1Cl)C2. The highest BCUT2D eigenvalue weighted by Crippen LogP contribution is 2.43. The minimum atomic E-state index is -4.36. The number of halogens is 4. The maximum absolute atomic E-state index is 12.8. The number of thioether (sulfide) groups is 1. The standard InChI is InChI=1S/C22H23ClF3NOS/c1-27-16-5-6-17(27)11-19(10-16)29-21-8-7-18(12-20(21)23)28-13-14-3-2-4-15(9-14)22(24,25)26/h2-4,7-9,12,16-17,19H,5-6,10-11,13H2,1H3. The van der Waals surface area contributed by atoms with Crippen LogP contribution < -0.4 is 4.74 Å². The molecule has 0 amide bonds. The van der Waals surface area contributed by atoms with Gasteiger partial charge in [0, 0.05) is 22.2 Å². The number of hydrogen-bond donors (Lipinski definition) is 0. The molecule has 2 bridgehead atoms. The highest BCUT2D eigenvalue weighted by molar-refractivity contribution is 8.00. The van der Waals surface area contributed by atoms with Crippen molar-refractivity contribution in [1.82, 2.24) is 4.90 Å². The van der Waals surface area contributed by atoms with Crippen molar-refractivity contribution in [3.05, 3.63) is 58.6 Å². The molecule has 156 valence electrons. The smallest absolute Gasteiger partial charge is 0.416 e. The highest BCUT2D eigenvalue weighted by atomic mass is 35.5. The summed E-state index contributed by atoms with van der Waals surface area (Å²) in [6, 6.07) is 12.1. The number of hydrogen-bond acceptors (Lipinski definition) is 3. The topological polar surface area (TPSA) is 12.5 Å². The first-order valence-corrected chi connectivity index (χ1v) is 11.0. The first kappa shape index (κ1) is 20.9. The number of fused-ring (bicyclic) bond motifs is 2. The fraction of sp³-hybridized carbons (Fsp3) is 0.455. The fourth-order valence-corrected chi connectivity index (χ4v) is 5.93. The average Bonchev–Trinajstić information content (AvgIpc) is 2.89. The Bertz CT molecular complexity index is 861. The number of nitrogens with zero attached hydrogens (tertiary/aromatic N) is 1. The lowest BCUT2D eigenvalue weighted by molar-refractivity contribution is -0.137. The summed E-state index contributed by atoms with van der Waals surface area (Å²) in [6.07, 6.45) is 0.581. The van der Waals surface area contributed by atoms with Gasteiger partial charge >= 0.3 is 6.18 Å². The van der Waals surface area contributed by atoms with Crippen LogP contribution in [0.15, 0.2) is 47.4 Å². The Morgan fingerprint density at radius 1 is 1.10 bits per heavy atom. The van der Waals surface area contributed by atoms with E-state index in [4.69, 9.17) is 16.3 Å². The molecule has 0 aliphatic carbocycles. The molecule has 0 saturated carbocycles. The molecule has 2 atom stereocenters. The Balaban J connectivity index is 1.37. The van der Waals surface area contributed by atoms with Crippen LogP contribution in [0.5, 0.6) is 5.75 Å². The molecule has 0 aromatic heterocycles. The van der Waals surface area contributed by atoms with E-state index in [-0.39, 0.29) is 6.61 Å². The largest absolute Gasteiger partial charge is 0.489 e. The molecule has 2 fully saturated rings. The zero-order valence-corrected chi connectivity index (χ0v) is 17.7. The van der Waals surface area contributed by atoms with Crippen molar-refractivity contribution in [2.45, 2.75) is 60.7 Å². The number of ether oxygens (including phenoxy) is 1. The van der Waals surface area contributed by atoms with E-state index in [9.17, 15) is 13.2 Å². The van der Waals surface area contributed by atoms with Crippen LogP contribution in [0.4, 0.5) is 13.2 Å². The average molecular weight is 442 g/mol. The quantitative estimate of drug-likeness (QED) is 0.515. The number of benzene rings is 2. The van der Waals surface area contributed by atoms with Gasteiger partial charge in [-0.3, -0.25) is 0 Å². The van der Waals surface area contributed by atoms with Gasteiger partial charge in [0.2, 0.25) is 0 Å². The van der Waals surface area contributed by atoms with Crippen molar-refractivity contribution in [2.24, 2.45) is 0 Å². The molecule has 2 aromatic carbocycles. The number of alkyl halides is 3. The van der Waals surface area contributed by atoms with Crippen LogP contribution in [-0.2, 0) is 12.8 Å². The molecule has 2 aromatic rings. The van der Waals surface area contributed by atoms with Gasteiger partial charge in [-0.05, 0) is 68.6 Å². The molecule has 0 spiro atoms. The zero-order valence-electron chi connectivity index (χ0n) is 16.1. The Morgan fingerprint density at radius 2 is 1.83 bits per heavy atom. The summed E-state index contributed by atoms with van der Waals surface area (Å²) in [6.45, 7) is 0.0606. The molecule has 2 heterocycles. The summed E-state index contributed by atoms with van der Waals surface area (Å²) in [7, 11) is 2.23. The van der Waals surface area contributed by atoms with Crippen LogP contribution in [0.3, 0.4) is 0 Å². The molecule has 29 heavy (non-hydrogen) atoms. The Morgan fingerprint density at radius 3 is 2.48 bits per heavy atom. The minimum absolute atomic E-state index is 0.0606. The van der Waals surface area contributed by atoms with Gasteiger partial charge in [-0.25, -0.2) is 0 Å². The van der Waals surface area contributed by atoms with Gasteiger partial charge in [-0.2, -0.15) is 13.2 Å². The van der Waals surface area contributed by atoms with Crippen LogP contribution in [0.1, 0.15) is 36.8 Å². The van der Waals surface area contributed by atoms with Crippen molar-refractivity contribution in [3.63, 3.8) is 0 Å². The molecule has 7 heteroatoms. The summed E-state index contributed by atoms with van der Waals surface area (Å²) in [5.41, 5.74) is -0.202. The molecular weight excluding hydrogens is 419 g/mol. The molecule has 0 N–H and O–H groups in total.